The van der Waals surface area contributed by atoms with Crippen LogP contribution in [0.25, 0.3) is 0 Å². The lowest BCUT2D eigenvalue weighted by Crippen LogP contribution is -2.51. The van der Waals surface area contributed by atoms with Crippen LogP contribution >= 0.6 is 0 Å². The van der Waals surface area contributed by atoms with E-state index in [0.29, 0.717) is 0 Å². The molecule has 0 aliphatic heterocycles. The summed E-state index contributed by atoms with van der Waals surface area (Å²) in [5.41, 5.74) is -0.597. The molecule has 0 aromatic carbocycles. The van der Waals surface area contributed by atoms with Crippen LogP contribution in [0.15, 0.2) is 0 Å². The van der Waals surface area contributed by atoms with Gasteiger partial charge < -0.3 is 10.1 Å². The Morgan fingerprint density at radius 2 is 1.84 bits per heavy atom. The predicted octanol–water partition coefficient (Wildman–Crippen LogP) is 1.95. The summed E-state index contributed by atoms with van der Waals surface area (Å²) in [6.45, 7) is 9.16. The molecule has 2 atom stereocenters. The number of alkyl carbamates (subject to hydrolysis) is 1. The Hall–Kier alpha value is -1.30. The van der Waals surface area contributed by atoms with E-state index < -0.39 is 17.7 Å². The lowest BCUT2D eigenvalue weighted by Gasteiger charge is -2.28. The van der Waals surface area contributed by atoms with Crippen molar-refractivity contribution in [2.45, 2.75) is 52.7 Å². The van der Waals surface area contributed by atoms with Crippen LogP contribution in [-0.4, -0.2) is 42.9 Å². The highest BCUT2D eigenvalue weighted by atomic mass is 16.7. The van der Waals surface area contributed by atoms with E-state index in [-0.39, 0.29) is 11.8 Å². The number of likely N-dealkylation sites (N-methyl/N-ethyl adjacent to an activating group) is 1. The molecule has 0 saturated heterocycles. The Morgan fingerprint density at radius 1 is 1.32 bits per heavy atom. The van der Waals surface area contributed by atoms with Gasteiger partial charge in [-0.15, -0.1) is 0 Å². The monoisotopic (exact) mass is 274 g/mol. The maximum absolute atomic E-state index is 12.1. The van der Waals surface area contributed by atoms with Crippen molar-refractivity contribution in [1.29, 1.82) is 0 Å². The number of carbonyl (C=O) groups excluding carboxylic acids is 2. The lowest BCUT2D eigenvalue weighted by atomic mass is 9.98. The van der Waals surface area contributed by atoms with E-state index in [1.165, 1.54) is 14.2 Å². The highest BCUT2D eigenvalue weighted by Gasteiger charge is 2.30. The van der Waals surface area contributed by atoms with Gasteiger partial charge in [-0.25, -0.2) is 9.86 Å². The normalized spacial score (nSPS) is 14.5. The molecule has 0 aromatic heterocycles. The molecule has 0 fully saturated rings. The quantitative estimate of drug-likeness (QED) is 0.778. The topological polar surface area (TPSA) is 67.9 Å². The van der Waals surface area contributed by atoms with Gasteiger partial charge in [-0.3, -0.25) is 9.63 Å². The molecule has 2 amide bonds. The first-order valence-electron chi connectivity index (χ1n) is 6.43. The van der Waals surface area contributed by atoms with Crippen LogP contribution in [0.5, 0.6) is 0 Å². The van der Waals surface area contributed by atoms with Crippen molar-refractivity contribution in [3.05, 3.63) is 0 Å². The zero-order valence-corrected chi connectivity index (χ0v) is 12.9. The standard InChI is InChI=1S/C13H26N2O4/c1-8-9(2)10(11(16)15(6)18-7)14-12(17)19-13(3,4)5/h9-10H,8H2,1-7H3,(H,14,17)/t9?,10-/m0/s1. The first-order valence-corrected chi connectivity index (χ1v) is 6.43. The molecule has 0 aliphatic carbocycles. The Kier molecular flexibility index (Phi) is 6.83. The van der Waals surface area contributed by atoms with Gasteiger partial charge in [0.1, 0.15) is 11.6 Å². The summed E-state index contributed by atoms with van der Waals surface area (Å²) in [5.74, 6) is -0.319. The molecule has 6 nitrogen and oxygen atoms in total. The number of hydroxylamine groups is 2. The molecular formula is C13H26N2O4. The maximum atomic E-state index is 12.1. The van der Waals surface area contributed by atoms with E-state index in [1.807, 2.05) is 13.8 Å². The molecule has 0 spiro atoms. The molecule has 112 valence electrons. The Bertz CT molecular complexity index is 312. The minimum Gasteiger partial charge on any atom is -0.444 e. The van der Waals surface area contributed by atoms with Crippen LogP contribution < -0.4 is 5.32 Å². The minimum absolute atomic E-state index is 0.0161. The molecule has 0 bridgehead atoms. The van der Waals surface area contributed by atoms with Crippen LogP contribution in [0.4, 0.5) is 4.79 Å². The number of nitrogens with zero attached hydrogens (tertiary/aromatic N) is 1. The summed E-state index contributed by atoms with van der Waals surface area (Å²) in [5, 5.41) is 3.71. The summed E-state index contributed by atoms with van der Waals surface area (Å²) in [6.07, 6.45) is 0.152. The van der Waals surface area contributed by atoms with E-state index in [0.717, 1.165) is 11.5 Å². The fourth-order valence-electron chi connectivity index (χ4n) is 1.40. The summed E-state index contributed by atoms with van der Waals surface area (Å²) in [7, 11) is 2.91. The molecule has 6 heteroatoms. The molecule has 0 saturated carbocycles. The lowest BCUT2D eigenvalue weighted by molar-refractivity contribution is -0.172. The van der Waals surface area contributed by atoms with E-state index in [9.17, 15) is 9.59 Å². The second-order valence-electron chi connectivity index (χ2n) is 5.53. The maximum Gasteiger partial charge on any atom is 0.408 e. The van der Waals surface area contributed by atoms with Crippen LogP contribution in [0.2, 0.25) is 0 Å². The van der Waals surface area contributed by atoms with Crippen molar-refractivity contribution in [3.8, 4) is 0 Å². The molecule has 0 aliphatic rings. The molecule has 0 heterocycles. The third kappa shape index (κ3) is 6.42. The molecular weight excluding hydrogens is 248 g/mol. The smallest absolute Gasteiger partial charge is 0.408 e. The number of ether oxygens (including phenoxy) is 1. The van der Waals surface area contributed by atoms with Gasteiger partial charge in [-0.05, 0) is 26.7 Å². The predicted molar refractivity (Wildman–Crippen MR) is 72.4 cm³/mol. The average molecular weight is 274 g/mol. The highest BCUT2D eigenvalue weighted by molar-refractivity contribution is 5.85. The largest absolute Gasteiger partial charge is 0.444 e. The summed E-state index contributed by atoms with van der Waals surface area (Å²) < 4.78 is 5.16. The second-order valence-corrected chi connectivity index (χ2v) is 5.53. The van der Waals surface area contributed by atoms with Gasteiger partial charge >= 0.3 is 6.09 Å². The fourth-order valence-corrected chi connectivity index (χ4v) is 1.40. The number of amides is 2. The number of rotatable bonds is 5. The van der Waals surface area contributed by atoms with Crippen molar-refractivity contribution >= 4 is 12.0 Å². The number of nitrogens with one attached hydrogen (secondary N) is 1. The summed E-state index contributed by atoms with van der Waals surface area (Å²) in [6, 6.07) is -0.662. The summed E-state index contributed by atoms with van der Waals surface area (Å²) >= 11 is 0. The van der Waals surface area contributed by atoms with E-state index in [1.54, 1.807) is 20.8 Å². The van der Waals surface area contributed by atoms with Crippen molar-refractivity contribution in [3.63, 3.8) is 0 Å². The zero-order valence-electron chi connectivity index (χ0n) is 12.9. The Labute approximate surface area is 115 Å². The molecule has 1 N–H and O–H groups in total. The SMILES string of the molecule is CCC(C)[C@H](NC(=O)OC(C)(C)C)C(=O)N(C)OC. The molecule has 19 heavy (non-hydrogen) atoms. The Balaban J connectivity index is 4.79. The van der Waals surface area contributed by atoms with E-state index in [4.69, 9.17) is 9.57 Å². The average Bonchev–Trinajstić information content (AvgIpc) is 2.30. The van der Waals surface area contributed by atoms with Crippen molar-refractivity contribution < 1.29 is 19.2 Å². The van der Waals surface area contributed by atoms with Crippen molar-refractivity contribution in [1.82, 2.24) is 10.4 Å². The second kappa shape index (κ2) is 7.33. The van der Waals surface area contributed by atoms with Gasteiger partial charge in [0.2, 0.25) is 0 Å². The van der Waals surface area contributed by atoms with Crippen LogP contribution in [0, 0.1) is 5.92 Å². The van der Waals surface area contributed by atoms with E-state index in [2.05, 4.69) is 5.32 Å². The van der Waals surface area contributed by atoms with Crippen molar-refractivity contribution in [2.24, 2.45) is 5.92 Å². The summed E-state index contributed by atoms with van der Waals surface area (Å²) in [4.78, 5) is 28.7. The molecule has 0 rings (SSSR count). The third-order valence-corrected chi connectivity index (χ3v) is 2.74. The van der Waals surface area contributed by atoms with Gasteiger partial charge in [0.15, 0.2) is 0 Å². The van der Waals surface area contributed by atoms with Gasteiger partial charge in [-0.2, -0.15) is 0 Å². The first-order chi connectivity index (χ1) is 8.62. The van der Waals surface area contributed by atoms with E-state index >= 15 is 0 Å². The minimum atomic E-state index is -0.662. The molecule has 1 unspecified atom stereocenters. The number of hydrogen-bond donors (Lipinski definition) is 1. The zero-order chi connectivity index (χ0) is 15.2. The Morgan fingerprint density at radius 3 is 2.21 bits per heavy atom. The van der Waals surface area contributed by atoms with Crippen LogP contribution in [0.3, 0.4) is 0 Å². The molecule has 0 radical (unpaired) electrons. The van der Waals surface area contributed by atoms with Gasteiger partial charge in [0, 0.05) is 7.05 Å². The van der Waals surface area contributed by atoms with Crippen LogP contribution in [0.1, 0.15) is 41.0 Å². The fraction of sp³-hybridized carbons (Fsp3) is 0.846. The highest BCUT2D eigenvalue weighted by Crippen LogP contribution is 2.12. The van der Waals surface area contributed by atoms with Gasteiger partial charge in [0.05, 0.1) is 7.11 Å². The van der Waals surface area contributed by atoms with Crippen molar-refractivity contribution in [2.75, 3.05) is 14.2 Å². The number of carbonyl (C=O) groups is 2. The number of hydrogen-bond acceptors (Lipinski definition) is 4. The van der Waals surface area contributed by atoms with Crippen LogP contribution in [-0.2, 0) is 14.4 Å². The van der Waals surface area contributed by atoms with Gasteiger partial charge in [0.25, 0.3) is 5.91 Å². The third-order valence-electron chi connectivity index (χ3n) is 2.74. The van der Waals surface area contributed by atoms with Gasteiger partial charge in [-0.1, -0.05) is 20.3 Å². The molecule has 0 aromatic rings. The first kappa shape index (κ1) is 17.7.